The Morgan fingerprint density at radius 1 is 0.469 bits per heavy atom. The van der Waals surface area contributed by atoms with E-state index in [1.807, 2.05) is 30.3 Å². The van der Waals surface area contributed by atoms with E-state index in [1.165, 1.54) is 27.8 Å². The van der Waals surface area contributed by atoms with Gasteiger partial charge in [-0.15, -0.1) is 0 Å². The monoisotopic (exact) mass is 639 g/mol. The highest BCUT2D eigenvalue weighted by molar-refractivity contribution is 5.85. The van der Waals surface area contributed by atoms with Crippen molar-refractivity contribution in [3.8, 4) is 11.5 Å². The number of para-hydroxylation sites is 1. The maximum atomic E-state index is 5.45. The highest BCUT2D eigenvalue weighted by atomic mass is 16.5. The van der Waals surface area contributed by atoms with Gasteiger partial charge in [0.2, 0.25) is 0 Å². The smallest absolute Gasteiger partial charge is 0.118 e. The van der Waals surface area contributed by atoms with Crippen LogP contribution in [0.2, 0.25) is 0 Å². The first-order valence-electron chi connectivity index (χ1n) is 16.5. The SMILES string of the molecule is COc1ccc(C(=CN(c2ccccc2)c2ccc(/C=C/C=C(c3ccc(C)cc3)c3ccc(C)cc3)cc2)c2ccc(OC)cc2)cc1. The van der Waals surface area contributed by atoms with E-state index in [9.17, 15) is 0 Å². The summed E-state index contributed by atoms with van der Waals surface area (Å²) in [5.74, 6) is 1.64. The van der Waals surface area contributed by atoms with Gasteiger partial charge in [-0.2, -0.15) is 0 Å². The summed E-state index contributed by atoms with van der Waals surface area (Å²) in [6, 6.07) is 53.0. The normalized spacial score (nSPS) is 10.8. The van der Waals surface area contributed by atoms with Crippen LogP contribution < -0.4 is 14.4 Å². The summed E-state index contributed by atoms with van der Waals surface area (Å²) >= 11 is 0. The lowest BCUT2D eigenvalue weighted by Crippen LogP contribution is -2.10. The summed E-state index contributed by atoms with van der Waals surface area (Å²) in [6.45, 7) is 4.24. The van der Waals surface area contributed by atoms with Crippen LogP contribution in [0.4, 0.5) is 11.4 Å². The molecule has 49 heavy (non-hydrogen) atoms. The molecule has 0 aromatic heterocycles. The molecule has 3 heteroatoms. The van der Waals surface area contributed by atoms with E-state index in [1.54, 1.807) is 14.2 Å². The number of hydrogen-bond acceptors (Lipinski definition) is 3. The Hall–Kier alpha value is -6.06. The molecular formula is C46H41NO2. The standard InChI is InChI=1S/C46H41NO2/c1-34-13-19-37(20-14-34)45(38-21-15-35(2)16-22-38)12-8-9-36-17-27-42(28-18-36)47(41-10-6-5-7-11-41)33-46(39-23-29-43(48-3)30-24-39)40-25-31-44(49-4)32-26-40/h5-33H,1-4H3/b9-8+. The van der Waals surface area contributed by atoms with Crippen molar-refractivity contribution in [2.75, 3.05) is 19.1 Å². The zero-order chi connectivity index (χ0) is 34.0. The van der Waals surface area contributed by atoms with Crippen molar-refractivity contribution in [3.05, 3.63) is 209 Å². The lowest BCUT2D eigenvalue weighted by molar-refractivity contribution is 0.414. The molecule has 6 aromatic rings. The molecule has 0 aliphatic rings. The van der Waals surface area contributed by atoms with E-state index in [0.29, 0.717) is 0 Å². The Balaban J connectivity index is 1.36. The number of methoxy groups -OCH3 is 2. The van der Waals surface area contributed by atoms with Crippen LogP contribution in [0.15, 0.2) is 170 Å². The third kappa shape index (κ3) is 8.27. The molecular weight excluding hydrogens is 599 g/mol. The molecule has 0 atom stereocenters. The van der Waals surface area contributed by atoms with Crippen LogP contribution in [0.5, 0.6) is 11.5 Å². The number of ether oxygens (including phenoxy) is 2. The van der Waals surface area contributed by atoms with Crippen LogP contribution in [0.1, 0.15) is 38.9 Å². The van der Waals surface area contributed by atoms with E-state index < -0.39 is 0 Å². The molecule has 0 unspecified atom stereocenters. The third-order valence-electron chi connectivity index (χ3n) is 8.54. The fourth-order valence-electron chi connectivity index (χ4n) is 5.70. The number of benzene rings is 6. The van der Waals surface area contributed by atoms with Gasteiger partial charge in [0.1, 0.15) is 11.5 Å². The highest BCUT2D eigenvalue weighted by Gasteiger charge is 2.13. The molecule has 0 bridgehead atoms. The molecule has 0 aliphatic heterocycles. The maximum absolute atomic E-state index is 5.45. The Labute approximate surface area is 290 Å². The fraction of sp³-hybridized carbons (Fsp3) is 0.0870. The van der Waals surface area contributed by atoms with Gasteiger partial charge in [-0.25, -0.2) is 0 Å². The van der Waals surface area contributed by atoms with Gasteiger partial charge in [-0.1, -0.05) is 132 Å². The summed E-state index contributed by atoms with van der Waals surface area (Å²) in [7, 11) is 3.38. The minimum Gasteiger partial charge on any atom is -0.497 e. The van der Waals surface area contributed by atoms with Crippen LogP contribution in [0.25, 0.3) is 17.2 Å². The number of anilines is 2. The van der Waals surface area contributed by atoms with Gasteiger partial charge in [0.25, 0.3) is 0 Å². The first-order valence-corrected chi connectivity index (χ1v) is 16.5. The minimum atomic E-state index is 0.820. The molecule has 0 N–H and O–H groups in total. The number of hydrogen-bond donors (Lipinski definition) is 0. The van der Waals surface area contributed by atoms with Crippen molar-refractivity contribution in [2.45, 2.75) is 13.8 Å². The van der Waals surface area contributed by atoms with E-state index in [0.717, 1.165) is 45.1 Å². The van der Waals surface area contributed by atoms with E-state index >= 15 is 0 Å². The van der Waals surface area contributed by atoms with Crippen molar-refractivity contribution in [2.24, 2.45) is 0 Å². The zero-order valence-electron chi connectivity index (χ0n) is 28.5. The average molecular weight is 640 g/mol. The molecule has 0 spiro atoms. The number of nitrogens with zero attached hydrogens (tertiary/aromatic N) is 1. The van der Waals surface area contributed by atoms with E-state index in [-0.39, 0.29) is 0 Å². The molecule has 3 nitrogen and oxygen atoms in total. The maximum Gasteiger partial charge on any atom is 0.118 e. The summed E-state index contributed by atoms with van der Waals surface area (Å²) in [4.78, 5) is 2.24. The van der Waals surface area contributed by atoms with Crippen molar-refractivity contribution in [1.82, 2.24) is 0 Å². The number of aryl methyl sites for hydroxylation is 2. The molecule has 0 saturated carbocycles. The largest absolute Gasteiger partial charge is 0.497 e. The number of allylic oxidation sites excluding steroid dienone is 2. The van der Waals surface area contributed by atoms with Gasteiger partial charge < -0.3 is 14.4 Å². The molecule has 0 aliphatic carbocycles. The van der Waals surface area contributed by atoms with Crippen molar-refractivity contribution in [1.29, 1.82) is 0 Å². The fourth-order valence-corrected chi connectivity index (χ4v) is 5.70. The average Bonchev–Trinajstić information content (AvgIpc) is 3.16. The van der Waals surface area contributed by atoms with Gasteiger partial charge in [0.15, 0.2) is 0 Å². The molecule has 242 valence electrons. The first kappa shape index (κ1) is 32.9. The predicted octanol–water partition coefficient (Wildman–Crippen LogP) is 11.7. The number of rotatable bonds is 11. The molecule has 0 fully saturated rings. The molecule has 0 heterocycles. The second kappa shape index (κ2) is 15.7. The lowest BCUT2D eigenvalue weighted by Gasteiger charge is -2.23. The Morgan fingerprint density at radius 3 is 1.37 bits per heavy atom. The quantitative estimate of drug-likeness (QED) is 0.132. The summed E-state index contributed by atoms with van der Waals surface area (Å²) < 4.78 is 10.9. The van der Waals surface area contributed by atoms with Crippen molar-refractivity contribution in [3.63, 3.8) is 0 Å². The first-order chi connectivity index (χ1) is 24.0. The van der Waals surface area contributed by atoms with Gasteiger partial charge in [0, 0.05) is 23.1 Å². The predicted molar refractivity (Wildman–Crippen MR) is 207 cm³/mol. The van der Waals surface area contributed by atoms with Gasteiger partial charge in [-0.3, -0.25) is 0 Å². The zero-order valence-corrected chi connectivity index (χ0v) is 28.5. The molecule has 6 rings (SSSR count). The Bertz CT molecular complexity index is 1940. The van der Waals surface area contributed by atoms with Gasteiger partial charge in [0.05, 0.1) is 14.2 Å². The molecule has 0 saturated heterocycles. The van der Waals surface area contributed by atoms with Crippen molar-refractivity contribution < 1.29 is 9.47 Å². The van der Waals surface area contributed by atoms with E-state index in [2.05, 4.69) is 165 Å². The van der Waals surface area contributed by atoms with Crippen LogP contribution in [0, 0.1) is 13.8 Å². The van der Waals surface area contributed by atoms with E-state index in [4.69, 9.17) is 9.47 Å². The summed E-state index contributed by atoms with van der Waals surface area (Å²) in [5.41, 5.74) is 12.6. The molecule has 0 radical (unpaired) electrons. The van der Waals surface area contributed by atoms with Crippen LogP contribution >= 0.6 is 0 Å². The highest BCUT2D eigenvalue weighted by Crippen LogP contribution is 2.33. The molecule has 6 aromatic carbocycles. The lowest BCUT2D eigenvalue weighted by atomic mass is 9.96. The Kier molecular flexibility index (Phi) is 10.5. The van der Waals surface area contributed by atoms with Crippen molar-refractivity contribution >= 4 is 28.6 Å². The Morgan fingerprint density at radius 2 is 0.898 bits per heavy atom. The summed E-state index contributed by atoms with van der Waals surface area (Å²) in [6.07, 6.45) is 8.72. The molecule has 0 amide bonds. The third-order valence-corrected chi connectivity index (χ3v) is 8.54. The minimum absolute atomic E-state index is 0.820. The second-order valence-electron chi connectivity index (χ2n) is 12.0. The topological polar surface area (TPSA) is 21.7 Å². The van der Waals surface area contributed by atoms with Crippen LogP contribution in [-0.4, -0.2) is 14.2 Å². The summed E-state index contributed by atoms with van der Waals surface area (Å²) in [5, 5.41) is 0. The van der Waals surface area contributed by atoms with Crippen LogP contribution in [-0.2, 0) is 0 Å². The van der Waals surface area contributed by atoms with Crippen LogP contribution in [0.3, 0.4) is 0 Å². The second-order valence-corrected chi connectivity index (χ2v) is 12.0. The van der Waals surface area contributed by atoms with Gasteiger partial charge in [-0.05, 0) is 95.8 Å². The van der Waals surface area contributed by atoms with Gasteiger partial charge >= 0.3 is 0 Å².